The van der Waals surface area contributed by atoms with Crippen molar-refractivity contribution >= 4 is 33.0 Å². The van der Waals surface area contributed by atoms with E-state index < -0.39 is 9.84 Å². The van der Waals surface area contributed by atoms with Gasteiger partial charge in [-0.25, -0.2) is 8.42 Å². The summed E-state index contributed by atoms with van der Waals surface area (Å²) in [5.41, 5.74) is 9.55. The second-order valence-electron chi connectivity index (χ2n) is 7.92. The van der Waals surface area contributed by atoms with Gasteiger partial charge >= 0.3 is 0 Å². The van der Waals surface area contributed by atoms with E-state index in [2.05, 4.69) is 61.2 Å². The topological polar surface area (TPSA) is 63.4 Å². The highest BCUT2D eigenvalue weighted by Gasteiger charge is 2.29. The first-order chi connectivity index (χ1) is 13.3. The zero-order valence-electron chi connectivity index (χ0n) is 16.7. The van der Waals surface area contributed by atoms with Crippen LogP contribution in [0, 0.1) is 5.92 Å². The summed E-state index contributed by atoms with van der Waals surface area (Å²) in [4.78, 5) is 3.49. The van der Waals surface area contributed by atoms with Crippen molar-refractivity contribution in [2.24, 2.45) is 5.92 Å². The molecule has 1 fully saturated rings. The molecule has 28 heavy (non-hydrogen) atoms. The second-order valence-corrected chi connectivity index (χ2v) is 11.3. The molecule has 6 heteroatoms. The average Bonchev–Trinajstić information content (AvgIpc) is 2.66. The molecule has 3 rings (SSSR count). The highest BCUT2D eigenvalue weighted by atomic mass is 32.2. The van der Waals surface area contributed by atoms with Crippen molar-refractivity contribution in [3.8, 4) is 0 Å². The van der Waals surface area contributed by atoms with Crippen LogP contribution in [0.2, 0.25) is 0 Å². The molecule has 0 unspecified atom stereocenters. The Kier molecular flexibility index (Phi) is 6.94. The first-order valence-corrected chi connectivity index (χ1v) is 12.7. The van der Waals surface area contributed by atoms with Gasteiger partial charge in [-0.05, 0) is 42.5 Å². The van der Waals surface area contributed by atoms with Crippen molar-refractivity contribution in [2.45, 2.75) is 43.4 Å². The SMILES string of the molecule is CC(C)CN(c1ccc(SCc2ccccc2)cc1N)C1CCS(=O)(=O)CC1. The van der Waals surface area contributed by atoms with E-state index in [1.54, 1.807) is 11.8 Å². The van der Waals surface area contributed by atoms with Gasteiger partial charge in [0.25, 0.3) is 0 Å². The number of benzene rings is 2. The van der Waals surface area contributed by atoms with E-state index in [0.29, 0.717) is 18.8 Å². The van der Waals surface area contributed by atoms with Crippen LogP contribution < -0.4 is 10.6 Å². The Morgan fingerprint density at radius 3 is 2.39 bits per heavy atom. The Labute approximate surface area is 173 Å². The lowest BCUT2D eigenvalue weighted by Gasteiger charge is -2.38. The summed E-state index contributed by atoms with van der Waals surface area (Å²) < 4.78 is 23.7. The van der Waals surface area contributed by atoms with Gasteiger partial charge in [0.05, 0.1) is 22.9 Å². The predicted octanol–water partition coefficient (Wildman–Crippen LogP) is 4.60. The molecule has 0 amide bonds. The average molecular weight is 419 g/mol. The van der Waals surface area contributed by atoms with Crippen LogP contribution in [-0.4, -0.2) is 32.5 Å². The van der Waals surface area contributed by atoms with Crippen LogP contribution >= 0.6 is 11.8 Å². The van der Waals surface area contributed by atoms with Gasteiger partial charge in [0.15, 0.2) is 0 Å². The highest BCUT2D eigenvalue weighted by molar-refractivity contribution is 7.98. The zero-order chi connectivity index (χ0) is 20.1. The van der Waals surface area contributed by atoms with Gasteiger partial charge in [0.1, 0.15) is 9.84 Å². The fourth-order valence-electron chi connectivity index (χ4n) is 3.65. The van der Waals surface area contributed by atoms with E-state index in [1.807, 2.05) is 6.07 Å². The fourth-order valence-corrected chi connectivity index (χ4v) is 6.02. The van der Waals surface area contributed by atoms with Gasteiger partial charge in [-0.1, -0.05) is 44.2 Å². The largest absolute Gasteiger partial charge is 0.397 e. The highest BCUT2D eigenvalue weighted by Crippen LogP contribution is 2.34. The molecule has 0 saturated carbocycles. The van der Waals surface area contributed by atoms with Crippen LogP contribution in [-0.2, 0) is 15.6 Å². The number of sulfone groups is 1. The molecule has 0 radical (unpaired) electrons. The Bertz CT molecular complexity index is 869. The minimum atomic E-state index is -2.87. The van der Waals surface area contributed by atoms with E-state index >= 15 is 0 Å². The number of hydrogen-bond donors (Lipinski definition) is 1. The van der Waals surface area contributed by atoms with E-state index in [4.69, 9.17) is 5.73 Å². The molecule has 1 aliphatic rings. The quantitative estimate of drug-likeness (QED) is 0.526. The molecular formula is C22H30N2O2S2. The van der Waals surface area contributed by atoms with Crippen LogP contribution in [0.25, 0.3) is 0 Å². The van der Waals surface area contributed by atoms with Gasteiger partial charge in [0.2, 0.25) is 0 Å². The number of nitrogen functional groups attached to an aromatic ring is 1. The normalized spacial score (nSPS) is 17.0. The summed E-state index contributed by atoms with van der Waals surface area (Å²) in [6, 6.07) is 16.9. The van der Waals surface area contributed by atoms with E-state index in [-0.39, 0.29) is 17.5 Å². The molecule has 0 bridgehead atoms. The Morgan fingerprint density at radius 1 is 1.11 bits per heavy atom. The molecule has 2 aromatic rings. The first kappa shape index (κ1) is 21.1. The molecule has 1 aliphatic heterocycles. The van der Waals surface area contributed by atoms with Gasteiger partial charge in [-0.2, -0.15) is 0 Å². The van der Waals surface area contributed by atoms with Gasteiger partial charge < -0.3 is 10.6 Å². The molecule has 152 valence electrons. The third kappa shape index (κ3) is 5.67. The first-order valence-electron chi connectivity index (χ1n) is 9.87. The van der Waals surface area contributed by atoms with Crippen molar-refractivity contribution in [1.29, 1.82) is 0 Å². The van der Waals surface area contributed by atoms with Gasteiger partial charge in [0, 0.05) is 23.2 Å². The van der Waals surface area contributed by atoms with Crippen molar-refractivity contribution in [1.82, 2.24) is 0 Å². The standard InChI is InChI=1S/C22H30N2O2S2/c1-17(2)15-24(19-10-12-28(25,26)13-11-19)22-9-8-20(14-21(22)23)27-16-18-6-4-3-5-7-18/h3-9,14,17,19H,10-13,15-16,23H2,1-2H3. The number of rotatable bonds is 7. The lowest BCUT2D eigenvalue weighted by Crippen LogP contribution is -2.43. The van der Waals surface area contributed by atoms with Crippen molar-refractivity contribution in [3.63, 3.8) is 0 Å². The molecule has 0 atom stereocenters. The lowest BCUT2D eigenvalue weighted by atomic mass is 10.0. The van der Waals surface area contributed by atoms with Crippen LogP contribution in [0.5, 0.6) is 0 Å². The third-order valence-electron chi connectivity index (χ3n) is 5.08. The summed E-state index contributed by atoms with van der Waals surface area (Å²) in [7, 11) is -2.87. The molecule has 0 spiro atoms. The number of hydrogen-bond acceptors (Lipinski definition) is 5. The number of thioether (sulfide) groups is 1. The molecule has 1 saturated heterocycles. The van der Waals surface area contributed by atoms with Crippen LogP contribution in [0.3, 0.4) is 0 Å². The maximum Gasteiger partial charge on any atom is 0.150 e. The molecular weight excluding hydrogens is 388 g/mol. The summed E-state index contributed by atoms with van der Waals surface area (Å²) in [6.07, 6.45) is 1.36. The molecule has 2 N–H and O–H groups in total. The zero-order valence-corrected chi connectivity index (χ0v) is 18.3. The van der Waals surface area contributed by atoms with Crippen LogP contribution in [0.15, 0.2) is 53.4 Å². The van der Waals surface area contributed by atoms with Crippen LogP contribution in [0.1, 0.15) is 32.3 Å². The monoisotopic (exact) mass is 418 g/mol. The minimum absolute atomic E-state index is 0.232. The van der Waals surface area contributed by atoms with E-state index in [1.165, 1.54) is 5.56 Å². The van der Waals surface area contributed by atoms with E-state index in [0.717, 1.165) is 28.6 Å². The predicted molar refractivity (Wildman–Crippen MR) is 121 cm³/mol. The third-order valence-corrected chi connectivity index (χ3v) is 7.86. The maximum atomic E-state index is 11.8. The molecule has 0 aromatic heterocycles. The maximum absolute atomic E-state index is 11.8. The smallest absolute Gasteiger partial charge is 0.150 e. The van der Waals surface area contributed by atoms with Crippen molar-refractivity contribution < 1.29 is 8.42 Å². The number of nitrogens with zero attached hydrogens (tertiary/aromatic N) is 1. The molecule has 0 aliphatic carbocycles. The Hall–Kier alpha value is -1.66. The van der Waals surface area contributed by atoms with E-state index in [9.17, 15) is 8.42 Å². The number of anilines is 2. The molecule has 1 heterocycles. The Morgan fingerprint density at radius 2 is 1.79 bits per heavy atom. The summed E-state index contributed by atoms with van der Waals surface area (Å²) in [5.74, 6) is 1.94. The van der Waals surface area contributed by atoms with Crippen molar-refractivity contribution in [2.75, 3.05) is 28.7 Å². The minimum Gasteiger partial charge on any atom is -0.397 e. The summed E-state index contributed by atoms with van der Waals surface area (Å²) in [5, 5.41) is 0. The molecule has 4 nitrogen and oxygen atoms in total. The van der Waals surface area contributed by atoms with Gasteiger partial charge in [-0.3, -0.25) is 0 Å². The van der Waals surface area contributed by atoms with Crippen LogP contribution in [0.4, 0.5) is 11.4 Å². The lowest BCUT2D eigenvalue weighted by molar-refractivity contribution is 0.487. The fraction of sp³-hybridized carbons (Fsp3) is 0.455. The summed E-state index contributed by atoms with van der Waals surface area (Å²) >= 11 is 1.78. The van der Waals surface area contributed by atoms with Crippen molar-refractivity contribution in [3.05, 3.63) is 54.1 Å². The number of nitrogens with two attached hydrogens (primary N) is 1. The van der Waals surface area contributed by atoms with Gasteiger partial charge in [-0.15, -0.1) is 11.8 Å². The second kappa shape index (κ2) is 9.23. The molecule has 2 aromatic carbocycles. The Balaban J connectivity index is 1.74. The summed E-state index contributed by atoms with van der Waals surface area (Å²) in [6.45, 7) is 5.26.